The molecule has 2 aromatic rings. The Kier molecular flexibility index (Phi) is 6.16. The molecule has 2 amide bonds. The monoisotopic (exact) mass is 383 g/mol. The fourth-order valence-electron chi connectivity index (χ4n) is 2.88. The Morgan fingerprint density at radius 1 is 1.21 bits per heavy atom. The van der Waals surface area contributed by atoms with E-state index in [1.54, 1.807) is 42.2 Å². The third-order valence-corrected chi connectivity index (χ3v) is 4.34. The molecule has 0 spiro atoms. The lowest BCUT2D eigenvalue weighted by Crippen LogP contribution is -2.46. The third kappa shape index (κ3) is 4.80. The number of benzene rings is 2. The molecule has 28 heavy (non-hydrogen) atoms. The summed E-state index contributed by atoms with van der Waals surface area (Å²) in [4.78, 5) is 28.4. The van der Waals surface area contributed by atoms with Crippen LogP contribution >= 0.6 is 0 Å². The molecule has 0 saturated carbocycles. The van der Waals surface area contributed by atoms with Crippen molar-refractivity contribution >= 4 is 23.2 Å². The molecule has 1 atom stereocenters. The van der Waals surface area contributed by atoms with Crippen molar-refractivity contribution in [3.8, 4) is 11.5 Å². The molecule has 0 radical (unpaired) electrons. The quantitative estimate of drug-likeness (QED) is 0.795. The van der Waals surface area contributed by atoms with E-state index in [0.717, 1.165) is 6.54 Å². The molecule has 2 aromatic carbocycles. The lowest BCUT2D eigenvalue weighted by molar-refractivity contribution is -0.125. The average Bonchev–Trinajstić information content (AvgIpc) is 2.67. The van der Waals surface area contributed by atoms with Gasteiger partial charge >= 0.3 is 0 Å². The topological polar surface area (TPSA) is 71.1 Å². The molecule has 0 aliphatic carbocycles. The van der Waals surface area contributed by atoms with Gasteiger partial charge in [-0.1, -0.05) is 18.2 Å². The molecule has 1 unspecified atom stereocenters. The number of likely N-dealkylation sites (N-methyl/N-ethyl adjacent to an activating group) is 1. The second-order valence-corrected chi connectivity index (χ2v) is 6.89. The van der Waals surface area contributed by atoms with Crippen LogP contribution in [0, 0.1) is 0 Å². The van der Waals surface area contributed by atoms with Gasteiger partial charge in [-0.2, -0.15) is 0 Å². The summed E-state index contributed by atoms with van der Waals surface area (Å²) in [6.07, 6.45) is -0.568. The summed E-state index contributed by atoms with van der Waals surface area (Å²) in [6, 6.07) is 14.4. The predicted octanol–water partition coefficient (Wildman–Crippen LogP) is 2.38. The SMILES string of the molecule is CC1Oc2cc(NC(=O)COc3ccccc3)ccc2N(CCN(C)C)C1=O. The molecule has 1 heterocycles. The number of fused-ring (bicyclic) bond motifs is 1. The highest BCUT2D eigenvalue weighted by atomic mass is 16.5. The summed E-state index contributed by atoms with van der Waals surface area (Å²) in [5.41, 5.74) is 1.30. The molecule has 0 saturated heterocycles. The number of nitrogens with zero attached hydrogens (tertiary/aromatic N) is 2. The van der Waals surface area contributed by atoms with Crippen LogP contribution in [0.2, 0.25) is 0 Å². The van der Waals surface area contributed by atoms with Crippen LogP contribution in [0.25, 0.3) is 0 Å². The van der Waals surface area contributed by atoms with Gasteiger partial charge in [0.1, 0.15) is 11.5 Å². The van der Waals surface area contributed by atoms with Crippen molar-refractivity contribution in [1.82, 2.24) is 4.90 Å². The highest BCUT2D eigenvalue weighted by molar-refractivity contribution is 6.00. The van der Waals surface area contributed by atoms with Crippen LogP contribution in [-0.4, -0.2) is 56.6 Å². The lowest BCUT2D eigenvalue weighted by atomic mass is 10.1. The number of para-hydroxylation sites is 1. The number of amides is 2. The fraction of sp³-hybridized carbons (Fsp3) is 0.333. The average molecular weight is 383 g/mol. The number of rotatable bonds is 7. The molecule has 1 N–H and O–H groups in total. The van der Waals surface area contributed by atoms with Crippen molar-refractivity contribution in [2.75, 3.05) is 44.0 Å². The summed E-state index contributed by atoms with van der Waals surface area (Å²) < 4.78 is 11.2. The first-order valence-electron chi connectivity index (χ1n) is 9.18. The van der Waals surface area contributed by atoms with Crippen LogP contribution in [0.1, 0.15) is 6.92 Å². The smallest absolute Gasteiger partial charge is 0.267 e. The van der Waals surface area contributed by atoms with Gasteiger partial charge in [-0.25, -0.2) is 0 Å². The van der Waals surface area contributed by atoms with Crippen molar-refractivity contribution < 1.29 is 19.1 Å². The Bertz CT molecular complexity index is 839. The van der Waals surface area contributed by atoms with E-state index in [1.165, 1.54) is 0 Å². The van der Waals surface area contributed by atoms with Gasteiger partial charge in [0, 0.05) is 24.8 Å². The van der Waals surface area contributed by atoms with Gasteiger partial charge < -0.3 is 24.6 Å². The Balaban J connectivity index is 1.67. The minimum Gasteiger partial charge on any atom is -0.484 e. The van der Waals surface area contributed by atoms with Crippen molar-refractivity contribution in [1.29, 1.82) is 0 Å². The van der Waals surface area contributed by atoms with E-state index < -0.39 is 6.10 Å². The van der Waals surface area contributed by atoms with Crippen LogP contribution in [-0.2, 0) is 9.59 Å². The van der Waals surface area contributed by atoms with E-state index in [0.29, 0.717) is 29.4 Å². The van der Waals surface area contributed by atoms with E-state index in [-0.39, 0.29) is 18.4 Å². The summed E-state index contributed by atoms with van der Waals surface area (Å²) in [5.74, 6) is 0.874. The second kappa shape index (κ2) is 8.75. The minimum atomic E-state index is -0.568. The van der Waals surface area contributed by atoms with Gasteiger partial charge in [0.15, 0.2) is 12.7 Å². The summed E-state index contributed by atoms with van der Waals surface area (Å²) in [5, 5.41) is 2.80. The number of hydrogen-bond donors (Lipinski definition) is 1. The van der Waals surface area contributed by atoms with Gasteiger partial charge in [0.05, 0.1) is 5.69 Å². The van der Waals surface area contributed by atoms with Crippen molar-refractivity contribution in [2.45, 2.75) is 13.0 Å². The first-order chi connectivity index (χ1) is 13.4. The van der Waals surface area contributed by atoms with E-state index in [2.05, 4.69) is 5.32 Å². The Hall–Kier alpha value is -3.06. The largest absolute Gasteiger partial charge is 0.484 e. The molecule has 1 aliphatic rings. The third-order valence-electron chi connectivity index (χ3n) is 4.34. The molecule has 7 heteroatoms. The first kappa shape index (κ1) is 19.7. The van der Waals surface area contributed by atoms with E-state index >= 15 is 0 Å². The zero-order valence-corrected chi connectivity index (χ0v) is 16.3. The number of nitrogens with one attached hydrogen (secondary N) is 1. The Morgan fingerprint density at radius 3 is 2.68 bits per heavy atom. The zero-order chi connectivity index (χ0) is 20.1. The molecule has 7 nitrogen and oxygen atoms in total. The number of carbonyl (C=O) groups is 2. The molecule has 148 valence electrons. The maximum Gasteiger partial charge on any atom is 0.267 e. The molecule has 0 aromatic heterocycles. The van der Waals surface area contributed by atoms with Crippen LogP contribution < -0.4 is 19.7 Å². The molecular formula is C21H25N3O4. The van der Waals surface area contributed by atoms with Crippen LogP contribution in [0.4, 0.5) is 11.4 Å². The van der Waals surface area contributed by atoms with Crippen molar-refractivity contribution in [2.24, 2.45) is 0 Å². The van der Waals surface area contributed by atoms with Gasteiger partial charge in [0.2, 0.25) is 0 Å². The minimum absolute atomic E-state index is 0.0672. The first-order valence-corrected chi connectivity index (χ1v) is 9.18. The second-order valence-electron chi connectivity index (χ2n) is 6.89. The highest BCUT2D eigenvalue weighted by Gasteiger charge is 2.31. The van der Waals surface area contributed by atoms with Crippen LogP contribution in [0.5, 0.6) is 11.5 Å². The number of anilines is 2. The fourth-order valence-corrected chi connectivity index (χ4v) is 2.88. The van der Waals surface area contributed by atoms with Crippen LogP contribution in [0.3, 0.4) is 0 Å². The van der Waals surface area contributed by atoms with Crippen LogP contribution in [0.15, 0.2) is 48.5 Å². The zero-order valence-electron chi connectivity index (χ0n) is 16.3. The Morgan fingerprint density at radius 2 is 1.96 bits per heavy atom. The predicted molar refractivity (Wildman–Crippen MR) is 108 cm³/mol. The van der Waals surface area contributed by atoms with Crippen molar-refractivity contribution in [3.63, 3.8) is 0 Å². The molecule has 3 rings (SSSR count). The van der Waals surface area contributed by atoms with Gasteiger partial charge in [-0.3, -0.25) is 9.59 Å². The van der Waals surface area contributed by atoms with Gasteiger partial charge in [-0.05, 0) is 45.3 Å². The molecule has 0 fully saturated rings. The number of carbonyl (C=O) groups excluding carboxylic acids is 2. The summed E-state index contributed by atoms with van der Waals surface area (Å²) >= 11 is 0. The summed E-state index contributed by atoms with van der Waals surface area (Å²) in [6.45, 7) is 2.95. The van der Waals surface area contributed by atoms with E-state index in [4.69, 9.17) is 9.47 Å². The standard InChI is InChI=1S/C21H25N3O4/c1-15-21(26)24(12-11-23(2)3)18-10-9-16(13-19(18)28-15)22-20(25)14-27-17-7-5-4-6-8-17/h4-10,13,15H,11-12,14H2,1-3H3,(H,22,25). The maximum atomic E-state index is 12.5. The van der Waals surface area contributed by atoms with Crippen molar-refractivity contribution in [3.05, 3.63) is 48.5 Å². The van der Waals surface area contributed by atoms with Gasteiger partial charge in [-0.15, -0.1) is 0 Å². The Labute approximate surface area is 164 Å². The molecule has 1 aliphatic heterocycles. The number of hydrogen-bond acceptors (Lipinski definition) is 5. The summed E-state index contributed by atoms with van der Waals surface area (Å²) in [7, 11) is 3.93. The number of ether oxygens (including phenoxy) is 2. The highest BCUT2D eigenvalue weighted by Crippen LogP contribution is 2.36. The lowest BCUT2D eigenvalue weighted by Gasteiger charge is -2.34. The molecular weight excluding hydrogens is 358 g/mol. The molecule has 0 bridgehead atoms. The van der Waals surface area contributed by atoms with Gasteiger partial charge in [0.25, 0.3) is 11.8 Å². The van der Waals surface area contributed by atoms with E-state index in [1.807, 2.05) is 37.2 Å². The maximum absolute atomic E-state index is 12.5. The van der Waals surface area contributed by atoms with E-state index in [9.17, 15) is 9.59 Å². The normalized spacial score (nSPS) is 15.8.